The fourth-order valence-electron chi connectivity index (χ4n) is 2.53. The third-order valence-electron chi connectivity index (χ3n) is 3.86. The van der Waals surface area contributed by atoms with Gasteiger partial charge in [-0.1, -0.05) is 26.7 Å². The van der Waals surface area contributed by atoms with Crippen LogP contribution in [0.2, 0.25) is 0 Å². The van der Waals surface area contributed by atoms with Gasteiger partial charge in [0, 0.05) is 6.61 Å². The first-order valence-corrected chi connectivity index (χ1v) is 8.99. The van der Waals surface area contributed by atoms with E-state index in [1.165, 1.54) is 11.1 Å². The van der Waals surface area contributed by atoms with E-state index >= 15 is 0 Å². The van der Waals surface area contributed by atoms with Crippen molar-refractivity contribution in [2.75, 3.05) is 39.8 Å². The van der Waals surface area contributed by atoms with Crippen LogP contribution in [0, 0.1) is 0 Å². The van der Waals surface area contributed by atoms with E-state index in [1.807, 2.05) is 6.07 Å². The highest BCUT2D eigenvalue weighted by Crippen LogP contribution is 2.35. The lowest BCUT2D eigenvalue weighted by molar-refractivity contribution is 0.0101. The van der Waals surface area contributed by atoms with Crippen molar-refractivity contribution < 1.29 is 23.7 Å². The first-order valence-electron chi connectivity index (χ1n) is 8.99. The molecule has 2 rings (SSSR count). The Bertz CT molecular complexity index is 475. The number of fused-ring (bicyclic) bond motifs is 1. The summed E-state index contributed by atoms with van der Waals surface area (Å²) in [5, 5.41) is 0. The highest BCUT2D eigenvalue weighted by molar-refractivity contribution is 5.48. The summed E-state index contributed by atoms with van der Waals surface area (Å²) in [4.78, 5) is 0. The number of benzene rings is 1. The zero-order chi connectivity index (χ0) is 17.0. The van der Waals surface area contributed by atoms with Crippen molar-refractivity contribution >= 4 is 0 Å². The number of rotatable bonds is 13. The quantitative estimate of drug-likeness (QED) is 0.508. The van der Waals surface area contributed by atoms with E-state index in [0.29, 0.717) is 39.8 Å². The van der Waals surface area contributed by atoms with Crippen molar-refractivity contribution in [3.8, 4) is 11.5 Å². The lowest BCUT2D eigenvalue weighted by Gasteiger charge is -2.11. The number of hydrogen-bond acceptors (Lipinski definition) is 5. The molecule has 0 saturated carbocycles. The van der Waals surface area contributed by atoms with Gasteiger partial charge in [-0.15, -0.1) is 0 Å². The Hall–Kier alpha value is -1.30. The van der Waals surface area contributed by atoms with Crippen molar-refractivity contribution in [1.29, 1.82) is 0 Å². The van der Waals surface area contributed by atoms with Crippen molar-refractivity contribution in [3.05, 3.63) is 23.3 Å². The molecule has 0 bridgehead atoms. The summed E-state index contributed by atoms with van der Waals surface area (Å²) in [7, 11) is 0. The van der Waals surface area contributed by atoms with Crippen LogP contribution >= 0.6 is 0 Å². The Morgan fingerprint density at radius 1 is 0.792 bits per heavy atom. The van der Waals surface area contributed by atoms with Gasteiger partial charge in [-0.05, 0) is 36.1 Å². The molecule has 1 heterocycles. The summed E-state index contributed by atoms with van der Waals surface area (Å²) in [5.41, 5.74) is 2.44. The minimum atomic E-state index is 0.305. The van der Waals surface area contributed by atoms with E-state index in [0.717, 1.165) is 43.8 Å². The van der Waals surface area contributed by atoms with Crippen LogP contribution in [0.5, 0.6) is 11.5 Å². The van der Waals surface area contributed by atoms with E-state index in [9.17, 15) is 0 Å². The number of hydrogen-bond donors (Lipinski definition) is 0. The summed E-state index contributed by atoms with van der Waals surface area (Å²) in [6, 6.07) is 4.12. The Morgan fingerprint density at radius 2 is 1.42 bits per heavy atom. The zero-order valence-corrected chi connectivity index (χ0v) is 15.0. The second kappa shape index (κ2) is 11.3. The average molecular weight is 350 g/mol. The van der Waals surface area contributed by atoms with Gasteiger partial charge in [-0.25, -0.2) is 0 Å². The molecule has 1 aliphatic rings. The Kier molecular flexibility index (Phi) is 8.95. The minimum Gasteiger partial charge on any atom is -0.454 e. The lowest BCUT2D eigenvalue weighted by atomic mass is 10.4. The molecule has 24 heavy (non-hydrogen) atoms. The molecular formula is C19H30O5. The minimum absolute atomic E-state index is 0.305. The predicted octanol–water partition coefficient (Wildman–Crippen LogP) is 3.72. The van der Waals surface area contributed by atoms with Gasteiger partial charge in [0.2, 0.25) is 6.79 Å². The second-order valence-corrected chi connectivity index (χ2v) is 5.86. The van der Waals surface area contributed by atoms with Crippen LogP contribution in [-0.4, -0.2) is 39.8 Å². The first-order chi connectivity index (χ1) is 11.8. The fraction of sp³-hybridized carbons (Fsp3) is 0.684. The van der Waals surface area contributed by atoms with Gasteiger partial charge in [0.15, 0.2) is 11.5 Å². The van der Waals surface area contributed by atoms with Gasteiger partial charge in [0.1, 0.15) is 0 Å². The van der Waals surface area contributed by atoms with Crippen LogP contribution < -0.4 is 9.47 Å². The maximum absolute atomic E-state index is 5.75. The largest absolute Gasteiger partial charge is 0.454 e. The van der Waals surface area contributed by atoms with Crippen molar-refractivity contribution in [2.24, 2.45) is 0 Å². The topological polar surface area (TPSA) is 46.2 Å². The van der Waals surface area contributed by atoms with E-state index in [2.05, 4.69) is 19.9 Å². The SMILES string of the molecule is CCCCOCCOCCOC[14c]1[14cH][14c]2[14c]([14cH][14c]1CCC)OCO2. The van der Waals surface area contributed by atoms with Crippen LogP contribution in [0.4, 0.5) is 0 Å². The molecule has 0 aromatic heterocycles. The number of ether oxygens (including phenoxy) is 5. The van der Waals surface area contributed by atoms with Gasteiger partial charge in [-0.3, -0.25) is 0 Å². The highest BCUT2D eigenvalue weighted by Gasteiger charge is 2.16. The molecule has 1 aromatic carbocycles. The van der Waals surface area contributed by atoms with Crippen LogP contribution in [-0.2, 0) is 27.2 Å². The van der Waals surface area contributed by atoms with Crippen LogP contribution in [0.25, 0.3) is 0 Å². The summed E-state index contributed by atoms with van der Waals surface area (Å²) in [6.45, 7) is 8.47. The zero-order valence-electron chi connectivity index (χ0n) is 15.0. The van der Waals surface area contributed by atoms with E-state index in [4.69, 9.17) is 23.7 Å². The maximum atomic E-state index is 5.75. The number of aryl methyl sites for hydroxylation is 1. The van der Waals surface area contributed by atoms with Gasteiger partial charge < -0.3 is 23.7 Å². The molecule has 0 atom stereocenters. The fourth-order valence-corrected chi connectivity index (χ4v) is 2.53. The van der Waals surface area contributed by atoms with E-state index in [-0.39, 0.29) is 0 Å². The molecule has 0 radical (unpaired) electrons. The molecule has 0 N–H and O–H groups in total. The molecule has 0 fully saturated rings. The monoisotopic (exact) mass is 350 g/mol. The average Bonchev–Trinajstić information content (AvgIpc) is 3.04. The van der Waals surface area contributed by atoms with Crippen molar-refractivity contribution in [1.82, 2.24) is 0 Å². The Morgan fingerprint density at radius 3 is 2.08 bits per heavy atom. The Labute approximate surface area is 145 Å². The van der Waals surface area contributed by atoms with Crippen LogP contribution in [0.15, 0.2) is 12.1 Å². The van der Waals surface area contributed by atoms with E-state index in [1.54, 1.807) is 0 Å². The van der Waals surface area contributed by atoms with Gasteiger partial charge >= 0.3 is 0 Å². The molecule has 5 heteroatoms. The summed E-state index contributed by atoms with van der Waals surface area (Å²) >= 11 is 0. The molecule has 0 amide bonds. The molecule has 1 aliphatic heterocycles. The smallest absolute Gasteiger partial charge is 0.231 e. The lowest BCUT2D eigenvalue weighted by Crippen LogP contribution is -2.10. The third kappa shape index (κ3) is 6.30. The van der Waals surface area contributed by atoms with Gasteiger partial charge in [-0.2, -0.15) is 0 Å². The maximum Gasteiger partial charge on any atom is 0.231 e. The third-order valence-corrected chi connectivity index (χ3v) is 3.86. The molecule has 0 spiro atoms. The standard InChI is InChI=1S/C19H30O5/c1-3-5-7-20-8-9-21-10-11-22-14-17-13-19-18(23-15-24-19)12-16(17)6-4-2/h12-13H,3-11,14-15H2,1-2H3/i12+2,13+2,16+2,17+2,18+2,19+2. The molecular weight excluding hydrogens is 320 g/mol. The summed E-state index contributed by atoms with van der Waals surface area (Å²) in [5.74, 6) is 1.66. The normalized spacial score (nSPS) is 12.8. The van der Waals surface area contributed by atoms with Crippen molar-refractivity contribution in [3.63, 3.8) is 0 Å². The number of unbranched alkanes of at least 4 members (excludes halogenated alkanes) is 1. The highest BCUT2D eigenvalue weighted by atomic mass is 16.9. The van der Waals surface area contributed by atoms with Crippen LogP contribution in [0.3, 0.4) is 0 Å². The molecule has 136 valence electrons. The predicted molar refractivity (Wildman–Crippen MR) is 92.8 cm³/mol. The Balaban J connectivity index is 1.63. The van der Waals surface area contributed by atoms with Crippen molar-refractivity contribution in [2.45, 2.75) is 46.1 Å². The summed E-state index contributed by atoms with van der Waals surface area (Å²) < 4.78 is 27.6. The van der Waals surface area contributed by atoms with Gasteiger partial charge in [0.05, 0.1) is 33.0 Å². The van der Waals surface area contributed by atoms with Gasteiger partial charge in [0.25, 0.3) is 0 Å². The molecule has 0 saturated heterocycles. The molecule has 0 aliphatic carbocycles. The molecule has 5 nitrogen and oxygen atoms in total. The van der Waals surface area contributed by atoms with E-state index < -0.39 is 0 Å². The first kappa shape index (κ1) is 19.0. The van der Waals surface area contributed by atoms with Crippen LogP contribution in [0.1, 0.15) is 44.2 Å². The molecule has 1 aromatic rings. The molecule has 0 unspecified atom stereocenters. The summed E-state index contributed by atoms with van der Waals surface area (Å²) in [6.07, 6.45) is 4.38. The second-order valence-electron chi connectivity index (χ2n) is 5.86.